The number of hydrogen-bond donors (Lipinski definition) is 1. The van der Waals surface area contributed by atoms with Gasteiger partial charge in [0.1, 0.15) is 11.6 Å². The van der Waals surface area contributed by atoms with E-state index in [2.05, 4.69) is 15.3 Å². The first-order valence-corrected chi connectivity index (χ1v) is 5.85. The molecule has 0 aromatic carbocycles. The van der Waals surface area contributed by atoms with Crippen LogP contribution < -0.4 is 5.32 Å². The Hall–Kier alpha value is -1.24. The highest BCUT2D eigenvalue weighted by atomic mass is 16.7. The van der Waals surface area contributed by atoms with Gasteiger partial charge in [-0.3, -0.25) is 0 Å². The summed E-state index contributed by atoms with van der Waals surface area (Å²) in [4.78, 5) is 8.48. The van der Waals surface area contributed by atoms with Crippen molar-refractivity contribution < 1.29 is 14.2 Å². The summed E-state index contributed by atoms with van der Waals surface area (Å²) in [5.41, 5.74) is 0.949. The summed E-state index contributed by atoms with van der Waals surface area (Å²) in [6.45, 7) is 5.46. The van der Waals surface area contributed by atoms with E-state index < -0.39 is 0 Å². The first kappa shape index (κ1) is 14.8. The molecule has 0 unspecified atom stereocenters. The molecule has 0 aliphatic heterocycles. The Morgan fingerprint density at radius 3 is 2.56 bits per heavy atom. The van der Waals surface area contributed by atoms with Crippen LogP contribution in [0, 0.1) is 13.8 Å². The van der Waals surface area contributed by atoms with Crippen molar-refractivity contribution in [2.24, 2.45) is 0 Å². The van der Waals surface area contributed by atoms with Gasteiger partial charge in [0.2, 0.25) is 0 Å². The predicted molar refractivity (Wildman–Crippen MR) is 68.6 cm³/mol. The fourth-order valence-corrected chi connectivity index (χ4v) is 1.47. The molecule has 6 nitrogen and oxygen atoms in total. The molecule has 0 amide bonds. The third-order valence-corrected chi connectivity index (χ3v) is 2.30. The van der Waals surface area contributed by atoms with E-state index in [4.69, 9.17) is 14.2 Å². The summed E-state index contributed by atoms with van der Waals surface area (Å²) in [5.74, 6) is 1.58. The normalized spacial score (nSPS) is 10.9. The van der Waals surface area contributed by atoms with Gasteiger partial charge in [-0.05, 0) is 13.8 Å². The zero-order valence-electron chi connectivity index (χ0n) is 11.4. The minimum atomic E-state index is -0.312. The van der Waals surface area contributed by atoms with Gasteiger partial charge in [0, 0.05) is 32.5 Å². The summed E-state index contributed by atoms with van der Waals surface area (Å²) in [6, 6.07) is 1.90. The molecule has 0 spiro atoms. The number of ether oxygens (including phenoxy) is 3. The minimum absolute atomic E-state index is 0.312. The molecule has 102 valence electrons. The standard InChI is InChI=1S/C12H21N3O3/c1-9-7-11(15-10(2)14-9)13-5-6-18-8-12(16-3)17-4/h7,12H,5-6,8H2,1-4H3,(H,13,14,15). The van der Waals surface area contributed by atoms with Crippen molar-refractivity contribution in [1.29, 1.82) is 0 Å². The lowest BCUT2D eigenvalue weighted by Gasteiger charge is -2.13. The molecule has 0 saturated carbocycles. The number of aryl methyl sites for hydroxylation is 2. The molecule has 0 bridgehead atoms. The van der Waals surface area contributed by atoms with Gasteiger partial charge in [0.15, 0.2) is 6.29 Å². The molecule has 1 N–H and O–H groups in total. The number of aromatic nitrogens is 2. The molecular formula is C12H21N3O3. The number of rotatable bonds is 8. The van der Waals surface area contributed by atoms with E-state index in [9.17, 15) is 0 Å². The second kappa shape index (κ2) is 7.97. The van der Waals surface area contributed by atoms with Crippen LogP contribution in [0.3, 0.4) is 0 Å². The van der Waals surface area contributed by atoms with Gasteiger partial charge in [-0.15, -0.1) is 0 Å². The van der Waals surface area contributed by atoms with Crippen LogP contribution >= 0.6 is 0 Å². The summed E-state index contributed by atoms with van der Waals surface area (Å²) in [5, 5.41) is 3.18. The number of anilines is 1. The van der Waals surface area contributed by atoms with E-state index in [0.717, 1.165) is 17.3 Å². The van der Waals surface area contributed by atoms with E-state index in [-0.39, 0.29) is 6.29 Å². The molecule has 0 fully saturated rings. The first-order chi connectivity index (χ1) is 8.65. The van der Waals surface area contributed by atoms with E-state index in [1.807, 2.05) is 19.9 Å². The van der Waals surface area contributed by atoms with Crippen molar-refractivity contribution in [2.45, 2.75) is 20.1 Å². The summed E-state index contributed by atoms with van der Waals surface area (Å²) in [7, 11) is 3.17. The van der Waals surface area contributed by atoms with Crippen LogP contribution in [0.15, 0.2) is 6.07 Å². The van der Waals surface area contributed by atoms with Crippen molar-refractivity contribution in [3.05, 3.63) is 17.6 Å². The van der Waals surface area contributed by atoms with E-state index >= 15 is 0 Å². The van der Waals surface area contributed by atoms with Gasteiger partial charge in [-0.25, -0.2) is 9.97 Å². The second-order valence-corrected chi connectivity index (χ2v) is 3.84. The van der Waals surface area contributed by atoms with Crippen LogP contribution in [0.25, 0.3) is 0 Å². The van der Waals surface area contributed by atoms with Crippen LogP contribution in [0.1, 0.15) is 11.5 Å². The van der Waals surface area contributed by atoms with Crippen molar-refractivity contribution in [2.75, 3.05) is 39.3 Å². The van der Waals surface area contributed by atoms with Gasteiger partial charge >= 0.3 is 0 Å². The monoisotopic (exact) mass is 255 g/mol. The zero-order chi connectivity index (χ0) is 13.4. The molecule has 6 heteroatoms. The Labute approximate surface area is 108 Å². The molecule has 18 heavy (non-hydrogen) atoms. The minimum Gasteiger partial charge on any atom is -0.374 e. The number of methoxy groups -OCH3 is 2. The Kier molecular flexibility index (Phi) is 6.56. The highest BCUT2D eigenvalue weighted by molar-refractivity contribution is 5.35. The van der Waals surface area contributed by atoms with E-state index in [1.165, 1.54) is 0 Å². The fraction of sp³-hybridized carbons (Fsp3) is 0.667. The van der Waals surface area contributed by atoms with Crippen LogP contribution in [0.2, 0.25) is 0 Å². The van der Waals surface area contributed by atoms with Gasteiger partial charge in [0.05, 0.1) is 13.2 Å². The van der Waals surface area contributed by atoms with Crippen molar-refractivity contribution >= 4 is 5.82 Å². The first-order valence-electron chi connectivity index (χ1n) is 5.85. The molecule has 0 aliphatic carbocycles. The Balaban J connectivity index is 2.21. The second-order valence-electron chi connectivity index (χ2n) is 3.84. The molecule has 0 atom stereocenters. The van der Waals surface area contributed by atoms with Gasteiger partial charge in [0.25, 0.3) is 0 Å². The van der Waals surface area contributed by atoms with Crippen LogP contribution in [-0.2, 0) is 14.2 Å². The van der Waals surface area contributed by atoms with Crippen molar-refractivity contribution in [3.8, 4) is 0 Å². The molecular weight excluding hydrogens is 234 g/mol. The van der Waals surface area contributed by atoms with E-state index in [1.54, 1.807) is 14.2 Å². The lowest BCUT2D eigenvalue weighted by molar-refractivity contribution is -0.139. The molecule has 1 rings (SSSR count). The summed E-state index contributed by atoms with van der Waals surface area (Å²) < 4.78 is 15.4. The molecule has 1 heterocycles. The topological polar surface area (TPSA) is 65.5 Å². The van der Waals surface area contributed by atoms with Crippen LogP contribution in [-0.4, -0.2) is 50.2 Å². The Bertz CT molecular complexity index is 336. The SMILES string of the molecule is COC(COCCNc1cc(C)nc(C)n1)OC. The molecule has 1 aromatic heterocycles. The maximum atomic E-state index is 5.40. The third kappa shape index (κ3) is 5.39. The number of nitrogens with one attached hydrogen (secondary N) is 1. The molecule has 0 aliphatic rings. The summed E-state index contributed by atoms with van der Waals surface area (Å²) in [6.07, 6.45) is -0.312. The van der Waals surface area contributed by atoms with Crippen LogP contribution in [0.5, 0.6) is 0 Å². The third-order valence-electron chi connectivity index (χ3n) is 2.30. The van der Waals surface area contributed by atoms with Gasteiger partial charge in [-0.2, -0.15) is 0 Å². The maximum Gasteiger partial charge on any atom is 0.180 e. The van der Waals surface area contributed by atoms with Gasteiger partial charge < -0.3 is 19.5 Å². The molecule has 1 aromatic rings. The number of nitrogens with zero attached hydrogens (tertiary/aromatic N) is 2. The van der Waals surface area contributed by atoms with Crippen molar-refractivity contribution in [1.82, 2.24) is 9.97 Å². The van der Waals surface area contributed by atoms with Crippen LogP contribution in [0.4, 0.5) is 5.82 Å². The van der Waals surface area contributed by atoms with E-state index in [0.29, 0.717) is 19.8 Å². The summed E-state index contributed by atoms with van der Waals surface area (Å²) >= 11 is 0. The lowest BCUT2D eigenvalue weighted by Crippen LogP contribution is -2.22. The zero-order valence-corrected chi connectivity index (χ0v) is 11.4. The number of hydrogen-bond acceptors (Lipinski definition) is 6. The predicted octanol–water partition coefficient (Wildman–Crippen LogP) is 1.14. The average molecular weight is 255 g/mol. The average Bonchev–Trinajstić information content (AvgIpc) is 2.32. The molecule has 0 saturated heterocycles. The fourth-order valence-electron chi connectivity index (χ4n) is 1.47. The van der Waals surface area contributed by atoms with Gasteiger partial charge in [-0.1, -0.05) is 0 Å². The molecule has 0 radical (unpaired) electrons. The Morgan fingerprint density at radius 2 is 1.94 bits per heavy atom. The van der Waals surface area contributed by atoms with Crippen molar-refractivity contribution in [3.63, 3.8) is 0 Å². The Morgan fingerprint density at radius 1 is 1.22 bits per heavy atom. The lowest BCUT2D eigenvalue weighted by atomic mass is 10.4. The maximum absolute atomic E-state index is 5.40. The smallest absolute Gasteiger partial charge is 0.180 e. The largest absolute Gasteiger partial charge is 0.374 e. The highest BCUT2D eigenvalue weighted by Crippen LogP contribution is 2.04. The quantitative estimate of drug-likeness (QED) is 0.555. The highest BCUT2D eigenvalue weighted by Gasteiger charge is 2.04.